The molecule has 0 radical (unpaired) electrons. The lowest BCUT2D eigenvalue weighted by atomic mass is 9.55. The van der Waals surface area contributed by atoms with E-state index >= 15 is 0 Å². The van der Waals surface area contributed by atoms with E-state index in [2.05, 4.69) is 11.8 Å². The van der Waals surface area contributed by atoms with Gasteiger partial charge < -0.3 is 9.47 Å². The van der Waals surface area contributed by atoms with Crippen LogP contribution in [0.1, 0.15) is 75.6 Å². The van der Waals surface area contributed by atoms with Crippen molar-refractivity contribution in [1.29, 1.82) is 0 Å². The number of fused-ring (bicyclic) bond motifs is 2. The molecule has 43 heavy (non-hydrogen) atoms. The van der Waals surface area contributed by atoms with E-state index in [4.69, 9.17) is 9.47 Å². The number of likely N-dealkylation sites (tertiary alicyclic amines) is 1. The molecule has 0 aromatic heterocycles. The summed E-state index contributed by atoms with van der Waals surface area (Å²) >= 11 is 0. The first-order chi connectivity index (χ1) is 20.7. The van der Waals surface area contributed by atoms with E-state index in [-0.39, 0.29) is 58.6 Å². The molecule has 2 aliphatic heterocycles. The largest absolute Gasteiger partial charge is 0.462 e. The predicted molar refractivity (Wildman–Crippen MR) is 164 cm³/mol. The highest BCUT2D eigenvalue weighted by Crippen LogP contribution is 2.56. The molecular weight excluding hydrogens is 562 g/mol. The first-order valence-corrected chi connectivity index (χ1v) is 17.7. The smallest absolute Gasteiger partial charge is 0.338 e. The summed E-state index contributed by atoms with van der Waals surface area (Å²) < 4.78 is 42.4. The lowest BCUT2D eigenvalue weighted by Gasteiger charge is -2.52. The van der Waals surface area contributed by atoms with Crippen LogP contribution in [0.5, 0.6) is 0 Å². The van der Waals surface area contributed by atoms with Crippen molar-refractivity contribution in [3.8, 4) is 0 Å². The van der Waals surface area contributed by atoms with Gasteiger partial charge in [-0.3, -0.25) is 9.69 Å². The van der Waals surface area contributed by atoms with Crippen molar-refractivity contribution < 1.29 is 27.5 Å². The zero-order valence-electron chi connectivity index (χ0n) is 25.5. The molecule has 4 fully saturated rings. The molecule has 8 heteroatoms. The molecule has 0 N–H and O–H groups in total. The standard InChI is InChI=1S/C35H45NO6S/c1-22-13-12-20-29(36(22)3)33(43(39,40)26-17-8-5-9-18-26)32(42-34(37)24-14-6-4-7-15-24)31-27-19-11-10-16-25(27)21-28-30(31)23(2)41-35(28)38/h4-9,14-15,17-18,22-23,25,27-33H,10-13,16,19-21H2,1-3H3/t22-,23-,25+,27-,28-,29+,30-,31-,32-,33?/m0/s1. The monoisotopic (exact) mass is 607 g/mol. The van der Waals surface area contributed by atoms with Crippen LogP contribution in [-0.4, -0.2) is 61.8 Å². The molecule has 0 amide bonds. The molecule has 0 bridgehead atoms. The maximum Gasteiger partial charge on any atom is 0.338 e. The highest BCUT2D eigenvalue weighted by atomic mass is 32.2. The van der Waals surface area contributed by atoms with Crippen LogP contribution in [0.15, 0.2) is 65.6 Å². The fraction of sp³-hybridized carbons (Fsp3) is 0.600. The second-order valence-corrected chi connectivity index (χ2v) is 15.5. The fourth-order valence-electron chi connectivity index (χ4n) is 9.03. The third-order valence-corrected chi connectivity index (χ3v) is 13.4. The summed E-state index contributed by atoms with van der Waals surface area (Å²) in [7, 11) is -1.97. The van der Waals surface area contributed by atoms with Gasteiger partial charge >= 0.3 is 11.9 Å². The van der Waals surface area contributed by atoms with Crippen molar-refractivity contribution in [3.05, 3.63) is 66.2 Å². The van der Waals surface area contributed by atoms with Crippen LogP contribution in [0, 0.1) is 29.6 Å². The van der Waals surface area contributed by atoms with E-state index in [1.165, 1.54) is 0 Å². The number of nitrogens with zero attached hydrogens (tertiary/aromatic N) is 1. The Morgan fingerprint density at radius 1 is 0.930 bits per heavy atom. The Labute approximate surface area is 256 Å². The second kappa shape index (κ2) is 12.4. The van der Waals surface area contributed by atoms with E-state index in [0.717, 1.165) is 44.9 Å². The lowest BCUT2D eigenvalue weighted by molar-refractivity contribution is -0.144. The van der Waals surface area contributed by atoms with Gasteiger partial charge in [-0.1, -0.05) is 62.1 Å². The molecule has 2 aromatic carbocycles. The van der Waals surface area contributed by atoms with Crippen LogP contribution >= 0.6 is 0 Å². The highest BCUT2D eigenvalue weighted by Gasteiger charge is 2.61. The van der Waals surface area contributed by atoms with Crippen LogP contribution < -0.4 is 0 Å². The normalized spacial score (nSPS) is 34.3. The quantitative estimate of drug-likeness (QED) is 0.361. The Balaban J connectivity index is 1.54. The van der Waals surface area contributed by atoms with Crippen LogP contribution in [0.3, 0.4) is 0 Å². The highest BCUT2D eigenvalue weighted by molar-refractivity contribution is 7.92. The van der Waals surface area contributed by atoms with Gasteiger partial charge in [-0.15, -0.1) is 0 Å². The summed E-state index contributed by atoms with van der Waals surface area (Å²) in [6.45, 7) is 4.08. The zero-order chi connectivity index (χ0) is 30.3. The minimum absolute atomic E-state index is 0.153. The van der Waals surface area contributed by atoms with Crippen molar-refractivity contribution in [2.45, 2.75) is 99.7 Å². The maximum atomic E-state index is 15.0. The third-order valence-electron chi connectivity index (χ3n) is 11.2. The summed E-state index contributed by atoms with van der Waals surface area (Å²) in [6, 6.07) is 17.3. The first-order valence-electron chi connectivity index (χ1n) is 16.2. The number of sulfone groups is 1. The number of rotatable bonds is 7. The van der Waals surface area contributed by atoms with E-state index in [0.29, 0.717) is 12.0 Å². The molecule has 1 unspecified atom stereocenters. The van der Waals surface area contributed by atoms with Crippen molar-refractivity contribution >= 4 is 21.8 Å². The van der Waals surface area contributed by atoms with Gasteiger partial charge in [-0.05, 0) is 82.7 Å². The molecule has 0 spiro atoms. The van der Waals surface area contributed by atoms with E-state index in [9.17, 15) is 18.0 Å². The molecule has 2 saturated heterocycles. The van der Waals surface area contributed by atoms with E-state index < -0.39 is 27.2 Å². The number of ether oxygens (including phenoxy) is 2. The maximum absolute atomic E-state index is 15.0. The summed E-state index contributed by atoms with van der Waals surface area (Å²) in [5, 5.41) is -0.996. The summed E-state index contributed by atoms with van der Waals surface area (Å²) in [5.74, 6) is -1.10. The Morgan fingerprint density at radius 2 is 1.60 bits per heavy atom. The van der Waals surface area contributed by atoms with Crippen molar-refractivity contribution in [2.24, 2.45) is 29.6 Å². The van der Waals surface area contributed by atoms with Gasteiger partial charge in [0, 0.05) is 23.9 Å². The fourth-order valence-corrected chi connectivity index (χ4v) is 11.2. The van der Waals surface area contributed by atoms with Crippen LogP contribution in [0.2, 0.25) is 0 Å². The minimum atomic E-state index is -3.98. The molecule has 10 atom stereocenters. The number of carbonyl (C=O) groups excluding carboxylic acids is 2. The molecular formula is C35H45NO6S. The predicted octanol–water partition coefficient (Wildman–Crippen LogP) is 5.93. The summed E-state index contributed by atoms with van der Waals surface area (Å²) in [4.78, 5) is 29.6. The van der Waals surface area contributed by atoms with Crippen molar-refractivity contribution in [2.75, 3.05) is 7.05 Å². The number of hydrogen-bond donors (Lipinski definition) is 0. The molecule has 4 aliphatic rings. The minimum Gasteiger partial charge on any atom is -0.462 e. The number of piperidine rings is 1. The lowest BCUT2D eigenvalue weighted by Crippen LogP contribution is -2.61. The van der Waals surface area contributed by atoms with Crippen molar-refractivity contribution in [3.63, 3.8) is 0 Å². The van der Waals surface area contributed by atoms with E-state index in [1.807, 2.05) is 26.1 Å². The Bertz CT molecular complexity index is 1400. The van der Waals surface area contributed by atoms with Gasteiger partial charge in [0.05, 0.1) is 16.4 Å². The van der Waals surface area contributed by atoms with Crippen LogP contribution in [-0.2, 0) is 24.1 Å². The number of hydrogen-bond acceptors (Lipinski definition) is 7. The number of carbonyl (C=O) groups is 2. The van der Waals surface area contributed by atoms with E-state index in [1.54, 1.807) is 48.5 Å². The summed E-state index contributed by atoms with van der Waals surface area (Å²) in [6.07, 6.45) is 6.12. The molecule has 7 nitrogen and oxygen atoms in total. The SMILES string of the molecule is C[C@@H]1OC(=O)[C@H]2C[C@H]3CCCC[C@@H]3[C@H]([C@H](OC(=O)c3ccccc3)C([C@H]3CCC[C@H](C)N3C)S(=O)(=O)c3ccccc3)[C@@H]12. The number of esters is 2. The second-order valence-electron chi connectivity index (χ2n) is 13.4. The number of benzene rings is 2. The third kappa shape index (κ3) is 5.66. The Morgan fingerprint density at radius 3 is 2.33 bits per heavy atom. The first kappa shape index (κ1) is 30.3. The van der Waals surface area contributed by atoms with Crippen LogP contribution in [0.4, 0.5) is 0 Å². The molecule has 2 heterocycles. The van der Waals surface area contributed by atoms with Crippen molar-refractivity contribution in [1.82, 2.24) is 4.90 Å². The Kier molecular flexibility index (Phi) is 8.71. The van der Waals surface area contributed by atoms with Gasteiger partial charge in [0.1, 0.15) is 17.5 Å². The average molecular weight is 608 g/mol. The molecule has 2 aromatic rings. The average Bonchev–Trinajstić information content (AvgIpc) is 3.30. The van der Waals surface area contributed by atoms with Crippen LogP contribution in [0.25, 0.3) is 0 Å². The number of cyclic esters (lactones) is 1. The molecule has 232 valence electrons. The molecule has 6 rings (SSSR count). The van der Waals surface area contributed by atoms with Gasteiger partial charge in [-0.2, -0.15) is 0 Å². The molecule has 2 aliphatic carbocycles. The molecule has 2 saturated carbocycles. The zero-order valence-corrected chi connectivity index (χ0v) is 26.3. The summed E-state index contributed by atoms with van der Waals surface area (Å²) in [5.41, 5.74) is 0.396. The van der Waals surface area contributed by atoms with Gasteiger partial charge in [-0.25, -0.2) is 13.2 Å². The topological polar surface area (TPSA) is 90.0 Å². The van der Waals surface area contributed by atoms with Gasteiger partial charge in [0.15, 0.2) is 9.84 Å². The van der Waals surface area contributed by atoms with Gasteiger partial charge in [0.2, 0.25) is 0 Å². The van der Waals surface area contributed by atoms with Gasteiger partial charge in [0.25, 0.3) is 0 Å². The Hall–Kier alpha value is -2.71.